The summed E-state index contributed by atoms with van der Waals surface area (Å²) in [7, 11) is 1.43. The first-order valence-electron chi connectivity index (χ1n) is 7.85. The highest BCUT2D eigenvalue weighted by atomic mass is 35.5. The number of hydrogen-bond donors (Lipinski definition) is 2. The summed E-state index contributed by atoms with van der Waals surface area (Å²) >= 11 is 12.2. The van der Waals surface area contributed by atoms with Crippen LogP contribution in [0.1, 0.15) is 24.9 Å². The zero-order chi connectivity index (χ0) is 18.4. The molecule has 0 bridgehead atoms. The fraction of sp³-hybridized carbons (Fsp3) is 0.438. The predicted molar refractivity (Wildman–Crippen MR) is 93.6 cm³/mol. The van der Waals surface area contributed by atoms with Gasteiger partial charge in [-0.15, -0.1) is 0 Å². The quantitative estimate of drug-likeness (QED) is 0.767. The fourth-order valence-corrected chi connectivity index (χ4v) is 3.70. The lowest BCUT2D eigenvalue weighted by molar-refractivity contribution is -0.129. The Kier molecular flexibility index (Phi) is 4.55. The van der Waals surface area contributed by atoms with Gasteiger partial charge in [0.2, 0.25) is 0 Å². The minimum atomic E-state index is -1.01. The molecule has 0 unspecified atom stereocenters. The van der Waals surface area contributed by atoms with Crippen molar-refractivity contribution in [3.8, 4) is 0 Å². The van der Waals surface area contributed by atoms with E-state index in [1.807, 2.05) is 0 Å². The number of carbonyl (C=O) groups is 3. The van der Waals surface area contributed by atoms with Crippen molar-refractivity contribution >= 4 is 41.2 Å². The minimum Gasteiger partial charge on any atom is -0.331 e. The molecule has 1 spiro atoms. The van der Waals surface area contributed by atoms with E-state index < -0.39 is 11.6 Å². The Balaban J connectivity index is 1.68. The molecule has 5 amide bonds. The molecule has 9 heteroatoms. The molecule has 0 aliphatic carbocycles. The largest absolute Gasteiger partial charge is 0.331 e. The van der Waals surface area contributed by atoms with E-state index in [0.717, 1.165) is 4.90 Å². The summed E-state index contributed by atoms with van der Waals surface area (Å²) in [5.74, 6) is -0.307. The summed E-state index contributed by atoms with van der Waals surface area (Å²) in [4.78, 5) is 39.1. The second-order valence-electron chi connectivity index (χ2n) is 6.36. The first kappa shape index (κ1) is 17.8. The summed E-state index contributed by atoms with van der Waals surface area (Å²) in [6.07, 6.45) is 0.391. The molecular formula is C16H18Cl2N4O3. The maximum absolute atomic E-state index is 12.5. The van der Waals surface area contributed by atoms with Crippen molar-refractivity contribution in [2.75, 3.05) is 20.1 Å². The Morgan fingerprint density at radius 3 is 2.72 bits per heavy atom. The van der Waals surface area contributed by atoms with E-state index in [2.05, 4.69) is 10.6 Å². The molecule has 1 aromatic rings. The van der Waals surface area contributed by atoms with Gasteiger partial charge in [-0.3, -0.25) is 9.69 Å². The lowest BCUT2D eigenvalue weighted by atomic mass is 9.99. The molecule has 1 aromatic carbocycles. The lowest BCUT2D eigenvalue weighted by Gasteiger charge is -2.24. The Morgan fingerprint density at radius 2 is 2.08 bits per heavy atom. The third-order valence-electron chi connectivity index (χ3n) is 4.71. The van der Waals surface area contributed by atoms with Crippen molar-refractivity contribution in [3.05, 3.63) is 33.8 Å². The highest BCUT2D eigenvalue weighted by Gasteiger charge is 2.54. The van der Waals surface area contributed by atoms with E-state index in [-0.39, 0.29) is 24.5 Å². The summed E-state index contributed by atoms with van der Waals surface area (Å²) in [5.41, 5.74) is -0.304. The van der Waals surface area contributed by atoms with Crippen LogP contribution in [0.25, 0.3) is 0 Å². The van der Waals surface area contributed by atoms with Crippen LogP contribution in [0.2, 0.25) is 10.0 Å². The smallest absolute Gasteiger partial charge is 0.324 e. The molecule has 2 aliphatic rings. The van der Waals surface area contributed by atoms with E-state index in [1.165, 1.54) is 11.9 Å². The summed E-state index contributed by atoms with van der Waals surface area (Å²) in [5, 5.41) is 6.37. The summed E-state index contributed by atoms with van der Waals surface area (Å²) < 4.78 is 0. The van der Waals surface area contributed by atoms with Gasteiger partial charge in [-0.05, 0) is 25.0 Å². The van der Waals surface area contributed by atoms with Crippen LogP contribution in [0, 0.1) is 0 Å². The molecule has 25 heavy (non-hydrogen) atoms. The Labute approximate surface area is 155 Å². The minimum absolute atomic E-state index is 0.143. The van der Waals surface area contributed by atoms with Crippen LogP contribution in [0.3, 0.4) is 0 Å². The van der Waals surface area contributed by atoms with Gasteiger partial charge in [0.15, 0.2) is 0 Å². The molecule has 134 valence electrons. The van der Waals surface area contributed by atoms with Crippen LogP contribution in [0.5, 0.6) is 0 Å². The third-order valence-corrected chi connectivity index (χ3v) is 5.54. The SMILES string of the molecule is C[C@H](NC(=O)N1CC[C@]2(C1)NC(=O)N(C)C2=O)c1cccc(Cl)c1Cl. The number of urea groups is 2. The number of likely N-dealkylation sites (N-methyl/N-ethyl adjacent to an activating group) is 1. The van der Waals surface area contributed by atoms with E-state index in [0.29, 0.717) is 28.6 Å². The number of imide groups is 1. The molecule has 2 heterocycles. The van der Waals surface area contributed by atoms with Crippen LogP contribution in [-0.2, 0) is 4.79 Å². The molecule has 0 saturated carbocycles. The normalized spacial score (nSPS) is 24.0. The molecule has 2 saturated heterocycles. The molecule has 0 aromatic heterocycles. The molecule has 2 N–H and O–H groups in total. The second-order valence-corrected chi connectivity index (χ2v) is 7.15. The van der Waals surface area contributed by atoms with Crippen molar-refractivity contribution in [1.29, 1.82) is 0 Å². The maximum Gasteiger partial charge on any atom is 0.324 e. The van der Waals surface area contributed by atoms with E-state index in [1.54, 1.807) is 25.1 Å². The van der Waals surface area contributed by atoms with Gasteiger partial charge < -0.3 is 15.5 Å². The van der Waals surface area contributed by atoms with Gasteiger partial charge in [-0.25, -0.2) is 9.59 Å². The van der Waals surface area contributed by atoms with E-state index in [4.69, 9.17) is 23.2 Å². The maximum atomic E-state index is 12.5. The number of halogens is 2. The van der Waals surface area contributed by atoms with Crippen molar-refractivity contribution in [2.45, 2.75) is 24.9 Å². The van der Waals surface area contributed by atoms with Gasteiger partial charge in [0.05, 0.1) is 22.6 Å². The van der Waals surface area contributed by atoms with E-state index >= 15 is 0 Å². The highest BCUT2D eigenvalue weighted by Crippen LogP contribution is 2.31. The van der Waals surface area contributed by atoms with Crippen LogP contribution in [0.15, 0.2) is 18.2 Å². The molecule has 2 fully saturated rings. The van der Waals surface area contributed by atoms with E-state index in [9.17, 15) is 14.4 Å². The van der Waals surface area contributed by atoms with Crippen LogP contribution in [0.4, 0.5) is 9.59 Å². The highest BCUT2D eigenvalue weighted by molar-refractivity contribution is 6.42. The number of hydrogen-bond acceptors (Lipinski definition) is 3. The average molecular weight is 385 g/mol. The predicted octanol–water partition coefficient (Wildman–Crippen LogP) is 2.39. The van der Waals surface area contributed by atoms with Gasteiger partial charge in [0.1, 0.15) is 5.54 Å². The Morgan fingerprint density at radius 1 is 1.36 bits per heavy atom. The number of nitrogens with one attached hydrogen (secondary N) is 2. The first-order chi connectivity index (χ1) is 11.7. The molecule has 3 rings (SSSR count). The van der Waals surface area contributed by atoms with Crippen molar-refractivity contribution in [3.63, 3.8) is 0 Å². The number of carbonyl (C=O) groups excluding carboxylic acids is 3. The number of nitrogens with zero attached hydrogens (tertiary/aromatic N) is 2. The average Bonchev–Trinajstić information content (AvgIpc) is 3.08. The van der Waals surface area contributed by atoms with Crippen LogP contribution >= 0.6 is 23.2 Å². The standard InChI is InChI=1S/C16H18Cl2N4O3/c1-9(10-4-3-5-11(17)12(10)18)19-14(24)22-7-6-16(8-22)13(23)21(2)15(25)20-16/h3-5,9H,6-8H2,1-2H3,(H,19,24)(H,20,25)/t9-,16+/m0/s1. The van der Waals surface area contributed by atoms with Gasteiger partial charge >= 0.3 is 12.1 Å². The lowest BCUT2D eigenvalue weighted by Crippen LogP contribution is -2.51. The Hall–Kier alpha value is -1.99. The van der Waals surface area contributed by atoms with Crippen molar-refractivity contribution in [1.82, 2.24) is 20.4 Å². The van der Waals surface area contributed by atoms with Crippen molar-refractivity contribution < 1.29 is 14.4 Å². The molecule has 2 atom stereocenters. The van der Waals surface area contributed by atoms with Crippen LogP contribution in [-0.4, -0.2) is 53.4 Å². The number of likely N-dealkylation sites (tertiary alicyclic amines) is 1. The molecule has 7 nitrogen and oxygen atoms in total. The monoisotopic (exact) mass is 384 g/mol. The summed E-state index contributed by atoms with van der Waals surface area (Å²) in [6, 6.07) is 4.12. The molecule has 2 aliphatic heterocycles. The first-order valence-corrected chi connectivity index (χ1v) is 8.60. The number of rotatable bonds is 2. The van der Waals surface area contributed by atoms with Gasteiger partial charge in [-0.2, -0.15) is 0 Å². The van der Waals surface area contributed by atoms with Crippen molar-refractivity contribution in [2.24, 2.45) is 0 Å². The zero-order valence-electron chi connectivity index (χ0n) is 13.8. The third kappa shape index (κ3) is 3.02. The molecular weight excluding hydrogens is 367 g/mol. The second kappa shape index (κ2) is 6.38. The number of amides is 5. The zero-order valence-corrected chi connectivity index (χ0v) is 15.3. The van der Waals surface area contributed by atoms with Gasteiger partial charge in [0.25, 0.3) is 5.91 Å². The Bertz CT molecular complexity index is 757. The van der Waals surface area contributed by atoms with Gasteiger partial charge in [-0.1, -0.05) is 35.3 Å². The fourth-order valence-electron chi connectivity index (χ4n) is 3.22. The van der Waals surface area contributed by atoms with Gasteiger partial charge in [0, 0.05) is 13.6 Å². The summed E-state index contributed by atoms with van der Waals surface area (Å²) in [6.45, 7) is 2.32. The number of benzene rings is 1. The molecule has 0 radical (unpaired) electrons. The topological polar surface area (TPSA) is 81.8 Å². The van der Waals surface area contributed by atoms with Crippen LogP contribution < -0.4 is 10.6 Å².